The van der Waals surface area contributed by atoms with Gasteiger partial charge in [0, 0.05) is 11.5 Å². The Morgan fingerprint density at radius 3 is 2.56 bits per heavy atom. The van der Waals surface area contributed by atoms with Crippen LogP contribution in [-0.4, -0.2) is 21.0 Å². The molecule has 0 amide bonds. The van der Waals surface area contributed by atoms with Crippen LogP contribution < -0.4 is 29.3 Å². The predicted octanol–water partition coefficient (Wildman–Crippen LogP) is 5.10. The molecule has 34 heavy (non-hydrogen) atoms. The van der Waals surface area contributed by atoms with Gasteiger partial charge in [0.05, 0.1) is 25.2 Å². The number of fused-ring (bicyclic) bond motifs is 4. The van der Waals surface area contributed by atoms with Crippen LogP contribution in [0.3, 0.4) is 0 Å². The number of para-hydroxylation sites is 1. The Balaban J connectivity index is 1.58. The molecule has 0 fully saturated rings. The first kappa shape index (κ1) is 20.2. The standard InChI is InChI=1S/C27H20O7/c1-29-20-9-7-15(11-23(20)30-2)18-13-22(16-8-10-21-24(12-16)32-14-31-21)33-26-17-5-3-4-6-19(17)34-27(28)25(18)26/h3-13,18H,14H2,1-2H3/t18-/m1/s1. The number of hydrogen-bond donors (Lipinski definition) is 0. The second-order valence-electron chi connectivity index (χ2n) is 7.92. The van der Waals surface area contributed by atoms with Crippen molar-refractivity contribution in [3.8, 4) is 28.7 Å². The second-order valence-corrected chi connectivity index (χ2v) is 7.92. The molecule has 3 heterocycles. The zero-order valence-electron chi connectivity index (χ0n) is 18.5. The summed E-state index contributed by atoms with van der Waals surface area (Å²) in [5.41, 5.74) is 2.08. The lowest BCUT2D eigenvalue weighted by molar-refractivity contribution is 0.174. The zero-order chi connectivity index (χ0) is 23.2. The quantitative estimate of drug-likeness (QED) is 0.395. The van der Waals surface area contributed by atoms with E-state index < -0.39 is 11.5 Å². The van der Waals surface area contributed by atoms with E-state index in [0.29, 0.717) is 51.0 Å². The lowest BCUT2D eigenvalue weighted by Crippen LogP contribution is -2.19. The average molecular weight is 456 g/mol. The summed E-state index contributed by atoms with van der Waals surface area (Å²) in [4.78, 5) is 13.2. The van der Waals surface area contributed by atoms with Crippen LogP contribution in [0.4, 0.5) is 0 Å². The van der Waals surface area contributed by atoms with E-state index in [1.54, 1.807) is 20.3 Å². The van der Waals surface area contributed by atoms with E-state index in [1.165, 1.54) is 0 Å². The number of allylic oxidation sites excluding steroid dienone is 1. The average Bonchev–Trinajstić information content (AvgIpc) is 3.35. The van der Waals surface area contributed by atoms with Gasteiger partial charge in [-0.15, -0.1) is 0 Å². The minimum atomic E-state index is -0.450. The normalized spacial score (nSPS) is 15.9. The number of ether oxygens (including phenoxy) is 5. The third-order valence-electron chi connectivity index (χ3n) is 6.06. The van der Waals surface area contributed by atoms with E-state index in [0.717, 1.165) is 11.1 Å². The van der Waals surface area contributed by atoms with E-state index in [9.17, 15) is 4.79 Å². The smallest absolute Gasteiger partial charge is 0.344 e. The van der Waals surface area contributed by atoms with Gasteiger partial charge in [0.2, 0.25) is 6.79 Å². The molecule has 0 saturated carbocycles. The maximum Gasteiger partial charge on any atom is 0.344 e. The predicted molar refractivity (Wildman–Crippen MR) is 125 cm³/mol. The van der Waals surface area contributed by atoms with Gasteiger partial charge in [0.15, 0.2) is 23.0 Å². The van der Waals surface area contributed by atoms with E-state index in [1.807, 2.05) is 60.7 Å². The van der Waals surface area contributed by atoms with Crippen LogP contribution in [0.1, 0.15) is 22.6 Å². The van der Waals surface area contributed by atoms with Gasteiger partial charge in [-0.2, -0.15) is 0 Å². The molecular formula is C27H20O7. The first-order chi connectivity index (χ1) is 16.7. The summed E-state index contributed by atoms with van der Waals surface area (Å²) in [5.74, 6) is 3.13. The highest BCUT2D eigenvalue weighted by molar-refractivity contribution is 5.87. The molecule has 0 radical (unpaired) electrons. The highest BCUT2D eigenvalue weighted by Crippen LogP contribution is 2.45. The van der Waals surface area contributed by atoms with Crippen molar-refractivity contribution in [3.05, 3.63) is 93.9 Å². The highest BCUT2D eigenvalue weighted by atomic mass is 16.7. The topological polar surface area (TPSA) is 76.4 Å². The third kappa shape index (κ3) is 3.16. The molecular weight excluding hydrogens is 436 g/mol. The summed E-state index contributed by atoms with van der Waals surface area (Å²) >= 11 is 0. The fraction of sp³-hybridized carbons (Fsp3) is 0.148. The Morgan fingerprint density at radius 1 is 0.882 bits per heavy atom. The Morgan fingerprint density at radius 2 is 1.71 bits per heavy atom. The molecule has 0 saturated heterocycles. The van der Waals surface area contributed by atoms with Crippen LogP contribution in [0.5, 0.6) is 28.7 Å². The minimum Gasteiger partial charge on any atom is -0.493 e. The highest BCUT2D eigenvalue weighted by Gasteiger charge is 2.31. The Kier molecular flexibility index (Phi) is 4.69. The molecule has 0 unspecified atom stereocenters. The first-order valence-corrected chi connectivity index (χ1v) is 10.7. The summed E-state index contributed by atoms with van der Waals surface area (Å²) in [7, 11) is 3.16. The van der Waals surface area contributed by atoms with E-state index >= 15 is 0 Å². The molecule has 7 heteroatoms. The zero-order valence-corrected chi connectivity index (χ0v) is 18.5. The van der Waals surface area contributed by atoms with Crippen LogP contribution in [-0.2, 0) is 0 Å². The SMILES string of the molecule is COc1ccc([C@H]2C=C(c3ccc4c(c3)OCO4)Oc3c2c(=O)oc2ccccc32)cc1OC. The second kappa shape index (κ2) is 7.88. The molecule has 2 aliphatic rings. The molecule has 4 aromatic rings. The van der Waals surface area contributed by atoms with Crippen molar-refractivity contribution in [2.75, 3.05) is 21.0 Å². The largest absolute Gasteiger partial charge is 0.493 e. The fourth-order valence-corrected chi connectivity index (χ4v) is 4.41. The monoisotopic (exact) mass is 456 g/mol. The van der Waals surface area contributed by atoms with Crippen LogP contribution >= 0.6 is 0 Å². The lowest BCUT2D eigenvalue weighted by Gasteiger charge is -2.26. The maximum absolute atomic E-state index is 13.2. The molecule has 0 N–H and O–H groups in total. The summed E-state index contributed by atoms with van der Waals surface area (Å²) < 4.78 is 33.9. The van der Waals surface area contributed by atoms with Gasteiger partial charge >= 0.3 is 5.63 Å². The van der Waals surface area contributed by atoms with Crippen molar-refractivity contribution in [1.29, 1.82) is 0 Å². The van der Waals surface area contributed by atoms with Crippen LogP contribution in [0.25, 0.3) is 16.7 Å². The molecule has 7 nitrogen and oxygen atoms in total. The van der Waals surface area contributed by atoms with Crippen molar-refractivity contribution >= 4 is 16.7 Å². The number of benzene rings is 3. The van der Waals surface area contributed by atoms with Gasteiger partial charge in [-0.05, 0) is 54.1 Å². The van der Waals surface area contributed by atoms with E-state index in [4.69, 9.17) is 28.1 Å². The van der Waals surface area contributed by atoms with Crippen LogP contribution in [0.15, 0.2) is 76.0 Å². The third-order valence-corrected chi connectivity index (χ3v) is 6.06. The van der Waals surface area contributed by atoms with Gasteiger partial charge in [0.1, 0.15) is 17.1 Å². The molecule has 0 spiro atoms. The van der Waals surface area contributed by atoms with Crippen molar-refractivity contribution in [1.82, 2.24) is 0 Å². The van der Waals surface area contributed by atoms with Gasteiger partial charge in [0.25, 0.3) is 0 Å². The van der Waals surface area contributed by atoms with Crippen molar-refractivity contribution in [2.24, 2.45) is 0 Å². The number of methoxy groups -OCH3 is 2. The molecule has 2 aliphatic heterocycles. The van der Waals surface area contributed by atoms with Crippen molar-refractivity contribution in [2.45, 2.75) is 5.92 Å². The van der Waals surface area contributed by atoms with Crippen molar-refractivity contribution < 1.29 is 28.1 Å². The molecule has 1 aromatic heterocycles. The minimum absolute atomic E-state index is 0.182. The molecule has 0 aliphatic carbocycles. The molecule has 1 atom stereocenters. The van der Waals surface area contributed by atoms with E-state index in [-0.39, 0.29) is 6.79 Å². The summed E-state index contributed by atoms with van der Waals surface area (Å²) in [6.45, 7) is 0.182. The molecule has 0 bridgehead atoms. The summed E-state index contributed by atoms with van der Waals surface area (Å²) in [5, 5.41) is 0.717. The number of hydrogen-bond acceptors (Lipinski definition) is 7. The number of rotatable bonds is 4. The summed E-state index contributed by atoms with van der Waals surface area (Å²) in [6, 6.07) is 18.6. The lowest BCUT2D eigenvalue weighted by atomic mass is 9.87. The fourth-order valence-electron chi connectivity index (χ4n) is 4.41. The van der Waals surface area contributed by atoms with Gasteiger partial charge in [-0.25, -0.2) is 4.79 Å². The van der Waals surface area contributed by atoms with E-state index in [2.05, 4.69) is 0 Å². The Bertz CT molecular complexity index is 1520. The van der Waals surface area contributed by atoms with Gasteiger partial charge in [-0.3, -0.25) is 0 Å². The Labute approximate surface area is 194 Å². The van der Waals surface area contributed by atoms with Gasteiger partial charge in [-0.1, -0.05) is 18.2 Å². The molecule has 6 rings (SSSR count). The molecule has 170 valence electrons. The maximum atomic E-state index is 13.2. The molecule has 3 aromatic carbocycles. The van der Waals surface area contributed by atoms with Gasteiger partial charge < -0.3 is 28.1 Å². The van der Waals surface area contributed by atoms with Crippen LogP contribution in [0.2, 0.25) is 0 Å². The summed E-state index contributed by atoms with van der Waals surface area (Å²) in [6.07, 6.45) is 1.91. The van der Waals surface area contributed by atoms with Crippen molar-refractivity contribution in [3.63, 3.8) is 0 Å². The van der Waals surface area contributed by atoms with Crippen LogP contribution in [0, 0.1) is 0 Å². The first-order valence-electron chi connectivity index (χ1n) is 10.7. The Hall–Kier alpha value is -4.39.